The molecule has 7 heteroatoms. The number of carbonyl (C=O) groups is 1. The van der Waals surface area contributed by atoms with Gasteiger partial charge in [0, 0.05) is 26.2 Å². The summed E-state index contributed by atoms with van der Waals surface area (Å²) >= 11 is 0. The van der Waals surface area contributed by atoms with Gasteiger partial charge in [-0.1, -0.05) is 27.7 Å². The molecule has 6 nitrogen and oxygen atoms in total. The van der Waals surface area contributed by atoms with Crippen LogP contribution in [-0.2, 0) is 15.0 Å². The topological polar surface area (TPSA) is 77.9 Å². The Morgan fingerprint density at radius 1 is 1.09 bits per heavy atom. The van der Waals surface area contributed by atoms with E-state index in [-0.39, 0.29) is 0 Å². The molecular formula is C16H32N2O4S. The van der Waals surface area contributed by atoms with E-state index in [9.17, 15) is 13.2 Å². The molecule has 1 fully saturated rings. The van der Waals surface area contributed by atoms with Crippen LogP contribution < -0.4 is 0 Å². The maximum absolute atomic E-state index is 12.9. The summed E-state index contributed by atoms with van der Waals surface area (Å²) in [6.07, 6.45) is 2.47. The fraction of sp³-hybridized carbons (Fsp3) is 0.938. The molecule has 1 saturated heterocycles. The van der Waals surface area contributed by atoms with E-state index in [0.29, 0.717) is 50.9 Å². The van der Waals surface area contributed by atoms with Crippen LogP contribution in [0.2, 0.25) is 0 Å². The van der Waals surface area contributed by atoms with Gasteiger partial charge in [-0.2, -0.15) is 17.0 Å². The highest BCUT2D eigenvalue weighted by atomic mass is 32.2. The predicted octanol–water partition coefficient (Wildman–Crippen LogP) is 2.42. The third-order valence-electron chi connectivity index (χ3n) is 4.37. The third-order valence-corrected chi connectivity index (χ3v) is 6.40. The second kappa shape index (κ2) is 8.99. The van der Waals surface area contributed by atoms with Gasteiger partial charge in [-0.15, -0.1) is 0 Å². The fourth-order valence-electron chi connectivity index (χ4n) is 2.64. The lowest BCUT2D eigenvalue weighted by molar-refractivity contribution is -0.142. The summed E-state index contributed by atoms with van der Waals surface area (Å²) in [6, 6.07) is 0. The van der Waals surface area contributed by atoms with Gasteiger partial charge in [-0.3, -0.25) is 4.79 Å². The molecule has 136 valence electrons. The molecule has 0 aromatic carbocycles. The zero-order valence-corrected chi connectivity index (χ0v) is 15.7. The van der Waals surface area contributed by atoms with Crippen LogP contribution in [-0.4, -0.2) is 54.3 Å². The minimum atomic E-state index is -3.49. The van der Waals surface area contributed by atoms with Gasteiger partial charge >= 0.3 is 5.97 Å². The van der Waals surface area contributed by atoms with Gasteiger partial charge in [-0.25, -0.2) is 0 Å². The Labute approximate surface area is 141 Å². The highest BCUT2D eigenvalue weighted by Gasteiger charge is 2.34. The van der Waals surface area contributed by atoms with Crippen molar-refractivity contribution in [2.75, 3.05) is 26.2 Å². The van der Waals surface area contributed by atoms with E-state index in [0.717, 1.165) is 12.8 Å². The summed E-state index contributed by atoms with van der Waals surface area (Å²) in [5, 5.41) is 9.05. The van der Waals surface area contributed by atoms with Crippen LogP contribution in [0.4, 0.5) is 0 Å². The van der Waals surface area contributed by atoms with E-state index >= 15 is 0 Å². The van der Waals surface area contributed by atoms with Gasteiger partial charge in [-0.05, 0) is 37.5 Å². The summed E-state index contributed by atoms with van der Waals surface area (Å²) in [6.45, 7) is 10.0. The van der Waals surface area contributed by atoms with Gasteiger partial charge in [0.15, 0.2) is 0 Å². The standard InChI is InChI=1S/C16H32N2O4S/c1-13(2)5-9-17(10-6-14(3)4)23(21,22)18-11-7-15(8-12-18)16(19)20/h13-15H,5-12H2,1-4H3,(H,19,20). The SMILES string of the molecule is CC(C)CCN(CCC(C)C)S(=O)(=O)N1CCC(C(=O)O)CC1. The summed E-state index contributed by atoms with van der Waals surface area (Å²) in [7, 11) is -3.49. The molecule has 0 amide bonds. The Kier molecular flexibility index (Phi) is 7.97. The number of aliphatic carboxylic acids is 1. The summed E-state index contributed by atoms with van der Waals surface area (Å²) in [5.41, 5.74) is 0. The third kappa shape index (κ3) is 6.39. The van der Waals surface area contributed by atoms with Crippen LogP contribution >= 0.6 is 0 Å². The van der Waals surface area contributed by atoms with Crippen molar-refractivity contribution >= 4 is 16.2 Å². The van der Waals surface area contributed by atoms with Crippen molar-refractivity contribution in [1.82, 2.24) is 8.61 Å². The molecule has 0 spiro atoms. The number of piperidine rings is 1. The Morgan fingerprint density at radius 3 is 1.87 bits per heavy atom. The first-order chi connectivity index (χ1) is 10.6. The molecule has 1 N–H and O–H groups in total. The van der Waals surface area contributed by atoms with E-state index in [1.807, 2.05) is 0 Å². The second-order valence-electron chi connectivity index (χ2n) is 7.28. The lowest BCUT2D eigenvalue weighted by Crippen LogP contribution is -2.48. The molecule has 1 heterocycles. The lowest BCUT2D eigenvalue weighted by Gasteiger charge is -2.34. The van der Waals surface area contributed by atoms with Crippen LogP contribution in [0.3, 0.4) is 0 Å². The van der Waals surface area contributed by atoms with Crippen molar-refractivity contribution in [3.8, 4) is 0 Å². The van der Waals surface area contributed by atoms with Crippen molar-refractivity contribution in [3.05, 3.63) is 0 Å². The first-order valence-corrected chi connectivity index (χ1v) is 10.0. The highest BCUT2D eigenvalue weighted by molar-refractivity contribution is 7.86. The molecule has 1 aliphatic heterocycles. The smallest absolute Gasteiger partial charge is 0.306 e. The normalized spacial score (nSPS) is 18.2. The minimum absolute atomic E-state index is 0.305. The maximum atomic E-state index is 12.9. The Hall–Kier alpha value is -0.660. The Morgan fingerprint density at radius 2 is 1.52 bits per heavy atom. The fourth-order valence-corrected chi connectivity index (χ4v) is 4.31. The molecule has 0 unspecified atom stereocenters. The summed E-state index contributed by atoms with van der Waals surface area (Å²) < 4.78 is 28.8. The zero-order valence-electron chi connectivity index (χ0n) is 14.9. The number of rotatable bonds is 9. The van der Waals surface area contributed by atoms with E-state index in [4.69, 9.17) is 5.11 Å². The molecule has 0 saturated carbocycles. The molecule has 0 bridgehead atoms. The molecule has 0 atom stereocenters. The largest absolute Gasteiger partial charge is 0.481 e. The van der Waals surface area contributed by atoms with Gasteiger partial charge in [0.05, 0.1) is 5.92 Å². The monoisotopic (exact) mass is 348 g/mol. The molecule has 0 aromatic rings. The molecule has 0 aromatic heterocycles. The second-order valence-corrected chi connectivity index (χ2v) is 9.21. The predicted molar refractivity (Wildman–Crippen MR) is 91.3 cm³/mol. The quantitative estimate of drug-likeness (QED) is 0.694. The van der Waals surface area contributed by atoms with E-state index in [1.165, 1.54) is 4.31 Å². The van der Waals surface area contributed by atoms with Gasteiger partial charge < -0.3 is 5.11 Å². The number of hydrogen-bond acceptors (Lipinski definition) is 3. The van der Waals surface area contributed by atoms with Crippen molar-refractivity contribution in [2.24, 2.45) is 17.8 Å². The molecule has 23 heavy (non-hydrogen) atoms. The average molecular weight is 349 g/mol. The number of nitrogens with zero attached hydrogens (tertiary/aromatic N) is 2. The average Bonchev–Trinajstić information content (AvgIpc) is 2.46. The Bertz CT molecular complexity index is 456. The van der Waals surface area contributed by atoms with Gasteiger partial charge in [0.2, 0.25) is 0 Å². The van der Waals surface area contributed by atoms with Crippen molar-refractivity contribution in [3.63, 3.8) is 0 Å². The van der Waals surface area contributed by atoms with Gasteiger partial charge in [0.25, 0.3) is 10.2 Å². The van der Waals surface area contributed by atoms with Crippen molar-refractivity contribution < 1.29 is 18.3 Å². The zero-order chi connectivity index (χ0) is 17.6. The molecule has 0 radical (unpaired) electrons. The van der Waals surface area contributed by atoms with E-state index < -0.39 is 22.1 Å². The summed E-state index contributed by atoms with van der Waals surface area (Å²) in [5.74, 6) is -0.339. The van der Waals surface area contributed by atoms with Crippen LogP contribution in [0.15, 0.2) is 0 Å². The Balaban J connectivity index is 2.75. The van der Waals surface area contributed by atoms with Crippen LogP contribution in [0, 0.1) is 17.8 Å². The molecule has 1 rings (SSSR count). The maximum Gasteiger partial charge on any atom is 0.306 e. The first-order valence-electron chi connectivity index (χ1n) is 8.62. The minimum Gasteiger partial charge on any atom is -0.481 e. The highest BCUT2D eigenvalue weighted by Crippen LogP contribution is 2.22. The number of carboxylic acids is 1. The summed E-state index contributed by atoms with van der Waals surface area (Å²) in [4.78, 5) is 11.0. The van der Waals surface area contributed by atoms with Crippen LogP contribution in [0.1, 0.15) is 53.4 Å². The van der Waals surface area contributed by atoms with Gasteiger partial charge in [0.1, 0.15) is 0 Å². The number of hydrogen-bond donors (Lipinski definition) is 1. The van der Waals surface area contributed by atoms with Crippen molar-refractivity contribution in [1.29, 1.82) is 0 Å². The first kappa shape index (κ1) is 20.4. The molecular weight excluding hydrogens is 316 g/mol. The van der Waals surface area contributed by atoms with Crippen LogP contribution in [0.5, 0.6) is 0 Å². The lowest BCUT2D eigenvalue weighted by atomic mass is 9.99. The van der Waals surface area contributed by atoms with Crippen LogP contribution in [0.25, 0.3) is 0 Å². The number of carboxylic acid groups (broad SMARTS) is 1. The molecule has 0 aliphatic carbocycles. The van der Waals surface area contributed by atoms with E-state index in [1.54, 1.807) is 4.31 Å². The van der Waals surface area contributed by atoms with E-state index in [2.05, 4.69) is 27.7 Å². The molecule has 1 aliphatic rings. The van der Waals surface area contributed by atoms with Crippen molar-refractivity contribution in [2.45, 2.75) is 53.4 Å².